The maximum atomic E-state index is 11.5. The molecule has 1 aromatic rings. The number of unbranched alkanes of at least 4 members (excludes halogenated alkanes) is 1. The minimum Gasteiger partial charge on any atom is -0.493 e. The molecule has 23 heavy (non-hydrogen) atoms. The normalized spacial score (nSPS) is 9.91. The summed E-state index contributed by atoms with van der Waals surface area (Å²) in [7, 11) is 5.16. The van der Waals surface area contributed by atoms with Crippen LogP contribution in [-0.4, -0.2) is 51.7 Å². The van der Waals surface area contributed by atoms with Gasteiger partial charge in [-0.2, -0.15) is 0 Å². The molecule has 0 aromatic heterocycles. The maximum Gasteiger partial charge on any atom is 0.236 e. The lowest BCUT2D eigenvalue weighted by atomic mass is 10.1. The van der Waals surface area contributed by atoms with Gasteiger partial charge < -0.3 is 19.7 Å². The van der Waals surface area contributed by atoms with Crippen LogP contribution in [0.2, 0.25) is 0 Å². The second-order valence-electron chi connectivity index (χ2n) is 5.40. The molecule has 5 nitrogen and oxygen atoms in total. The number of ether oxygens (including phenoxy) is 2. The van der Waals surface area contributed by atoms with Crippen LogP contribution in [0, 0.1) is 0 Å². The zero-order valence-electron chi connectivity index (χ0n) is 14.6. The molecule has 6 heteroatoms. The topological polar surface area (TPSA) is 50.8 Å². The van der Waals surface area contributed by atoms with E-state index in [-0.39, 0.29) is 18.3 Å². The van der Waals surface area contributed by atoms with Crippen LogP contribution in [-0.2, 0) is 11.2 Å². The third-order valence-corrected chi connectivity index (χ3v) is 3.35. The number of hydrogen-bond donors (Lipinski definition) is 1. The number of likely N-dealkylation sites (N-methyl/N-ethyl adjacent to an activating group) is 1. The second-order valence-corrected chi connectivity index (χ2v) is 5.40. The molecule has 1 amide bonds. The Morgan fingerprint density at radius 1 is 1.26 bits per heavy atom. The summed E-state index contributed by atoms with van der Waals surface area (Å²) in [5.41, 5.74) is 1.16. The van der Waals surface area contributed by atoms with Gasteiger partial charge >= 0.3 is 0 Å². The molecule has 0 saturated heterocycles. The van der Waals surface area contributed by atoms with Crippen LogP contribution in [0.25, 0.3) is 0 Å². The van der Waals surface area contributed by atoms with Gasteiger partial charge in [0.15, 0.2) is 11.5 Å². The average molecular weight is 345 g/mol. The Balaban J connectivity index is 0.00000484. The number of rotatable bonds is 10. The Morgan fingerprint density at radius 2 is 2.00 bits per heavy atom. The van der Waals surface area contributed by atoms with Crippen molar-refractivity contribution in [3.63, 3.8) is 0 Å². The van der Waals surface area contributed by atoms with Crippen LogP contribution >= 0.6 is 12.4 Å². The van der Waals surface area contributed by atoms with Crippen LogP contribution in [0.15, 0.2) is 18.2 Å². The van der Waals surface area contributed by atoms with Crippen molar-refractivity contribution in [2.45, 2.75) is 26.2 Å². The molecular formula is C17H29ClN2O3. The lowest BCUT2D eigenvalue weighted by Gasteiger charge is -2.13. The fourth-order valence-corrected chi connectivity index (χ4v) is 1.90. The van der Waals surface area contributed by atoms with E-state index in [0.717, 1.165) is 42.9 Å². The minimum atomic E-state index is 0. The fourth-order valence-electron chi connectivity index (χ4n) is 1.90. The molecule has 0 saturated carbocycles. The summed E-state index contributed by atoms with van der Waals surface area (Å²) in [5.74, 6) is 1.63. The van der Waals surface area contributed by atoms with Crippen LogP contribution in [0.4, 0.5) is 0 Å². The predicted octanol–water partition coefficient (Wildman–Crippen LogP) is 2.52. The lowest BCUT2D eigenvalue weighted by Crippen LogP contribution is -2.33. The Kier molecular flexibility index (Phi) is 11.3. The van der Waals surface area contributed by atoms with Crippen molar-refractivity contribution in [2.75, 3.05) is 40.9 Å². The van der Waals surface area contributed by atoms with Crippen molar-refractivity contribution in [1.82, 2.24) is 10.2 Å². The first-order chi connectivity index (χ1) is 10.6. The van der Waals surface area contributed by atoms with E-state index in [1.54, 1.807) is 26.1 Å². The molecule has 0 unspecified atom stereocenters. The van der Waals surface area contributed by atoms with Crippen molar-refractivity contribution in [1.29, 1.82) is 0 Å². The Hall–Kier alpha value is -1.46. The molecule has 0 heterocycles. The minimum absolute atomic E-state index is 0. The molecule has 0 radical (unpaired) electrons. The number of carbonyl (C=O) groups is 1. The number of nitrogens with one attached hydrogen (secondary N) is 1. The van der Waals surface area contributed by atoms with Gasteiger partial charge in [-0.1, -0.05) is 19.4 Å². The molecule has 0 fully saturated rings. The first-order valence-electron chi connectivity index (χ1n) is 7.79. The van der Waals surface area contributed by atoms with Gasteiger partial charge in [0.25, 0.3) is 0 Å². The summed E-state index contributed by atoms with van der Waals surface area (Å²) in [5, 5.41) is 3.15. The molecular weight excluding hydrogens is 316 g/mol. The van der Waals surface area contributed by atoms with Crippen molar-refractivity contribution in [3.8, 4) is 11.5 Å². The first kappa shape index (κ1) is 21.5. The van der Waals surface area contributed by atoms with Gasteiger partial charge in [0.05, 0.1) is 20.3 Å². The van der Waals surface area contributed by atoms with Crippen LogP contribution in [0.1, 0.15) is 25.3 Å². The molecule has 1 aromatic carbocycles. The van der Waals surface area contributed by atoms with Gasteiger partial charge in [-0.05, 0) is 37.1 Å². The maximum absolute atomic E-state index is 11.5. The van der Waals surface area contributed by atoms with Gasteiger partial charge in [0.1, 0.15) is 0 Å². The molecule has 0 atom stereocenters. The van der Waals surface area contributed by atoms with E-state index in [0.29, 0.717) is 13.2 Å². The zero-order chi connectivity index (χ0) is 16.4. The molecule has 0 aliphatic carbocycles. The summed E-state index contributed by atoms with van der Waals surface area (Å²) in [6.45, 7) is 3.95. The Bertz CT molecular complexity index is 467. The highest BCUT2D eigenvalue weighted by Gasteiger charge is 2.07. The number of methoxy groups -OCH3 is 1. The van der Waals surface area contributed by atoms with Crippen molar-refractivity contribution < 1.29 is 14.3 Å². The summed E-state index contributed by atoms with van der Waals surface area (Å²) in [6, 6.07) is 5.98. The van der Waals surface area contributed by atoms with Gasteiger partial charge in [0.2, 0.25) is 5.91 Å². The van der Waals surface area contributed by atoms with Gasteiger partial charge in [-0.15, -0.1) is 12.4 Å². The summed E-state index contributed by atoms with van der Waals surface area (Å²) < 4.78 is 11.1. The fraction of sp³-hybridized carbons (Fsp3) is 0.588. The van der Waals surface area contributed by atoms with Gasteiger partial charge in [0, 0.05) is 14.1 Å². The Labute approximate surface area is 145 Å². The predicted molar refractivity (Wildman–Crippen MR) is 95.9 cm³/mol. The number of nitrogens with zero attached hydrogens (tertiary/aromatic N) is 1. The van der Waals surface area contributed by atoms with Gasteiger partial charge in [-0.3, -0.25) is 4.79 Å². The van der Waals surface area contributed by atoms with E-state index in [1.807, 2.05) is 18.2 Å². The lowest BCUT2D eigenvalue weighted by molar-refractivity contribution is -0.127. The molecule has 1 N–H and O–H groups in total. The molecule has 1 rings (SSSR count). The number of carbonyl (C=O) groups excluding carboxylic acids is 1. The standard InChI is InChI=1S/C17H28N2O3.ClH/c1-5-6-11-22-16-12-14(7-8-15(16)21-4)9-10-18-13-17(20)19(2)3;/h7-8,12,18H,5-6,9-11,13H2,1-4H3;1H. The number of hydrogen-bond acceptors (Lipinski definition) is 4. The van der Waals surface area contributed by atoms with Crippen LogP contribution in [0.5, 0.6) is 11.5 Å². The monoisotopic (exact) mass is 344 g/mol. The molecule has 0 bridgehead atoms. The largest absolute Gasteiger partial charge is 0.493 e. The molecule has 132 valence electrons. The summed E-state index contributed by atoms with van der Waals surface area (Å²) in [4.78, 5) is 13.0. The molecule has 0 spiro atoms. The summed E-state index contributed by atoms with van der Waals surface area (Å²) >= 11 is 0. The highest BCUT2D eigenvalue weighted by molar-refractivity contribution is 5.85. The summed E-state index contributed by atoms with van der Waals surface area (Å²) in [6.07, 6.45) is 2.97. The highest BCUT2D eigenvalue weighted by atomic mass is 35.5. The third kappa shape index (κ3) is 8.09. The van der Waals surface area contributed by atoms with E-state index >= 15 is 0 Å². The molecule has 0 aliphatic heterocycles. The smallest absolute Gasteiger partial charge is 0.236 e. The third-order valence-electron chi connectivity index (χ3n) is 3.35. The van der Waals surface area contributed by atoms with Gasteiger partial charge in [-0.25, -0.2) is 0 Å². The average Bonchev–Trinajstić information content (AvgIpc) is 2.51. The van der Waals surface area contributed by atoms with E-state index in [2.05, 4.69) is 12.2 Å². The van der Waals surface area contributed by atoms with E-state index < -0.39 is 0 Å². The molecule has 0 aliphatic rings. The van der Waals surface area contributed by atoms with E-state index in [4.69, 9.17) is 9.47 Å². The number of amides is 1. The van der Waals surface area contributed by atoms with Crippen molar-refractivity contribution in [3.05, 3.63) is 23.8 Å². The number of benzene rings is 1. The van der Waals surface area contributed by atoms with Crippen molar-refractivity contribution in [2.24, 2.45) is 0 Å². The van der Waals surface area contributed by atoms with E-state index in [1.165, 1.54) is 0 Å². The van der Waals surface area contributed by atoms with E-state index in [9.17, 15) is 4.79 Å². The van der Waals surface area contributed by atoms with Crippen molar-refractivity contribution >= 4 is 18.3 Å². The second kappa shape index (κ2) is 12.0. The SMILES string of the molecule is CCCCOc1cc(CCNCC(=O)N(C)C)ccc1OC.Cl. The Morgan fingerprint density at radius 3 is 2.61 bits per heavy atom. The quantitative estimate of drug-likeness (QED) is 0.663. The highest BCUT2D eigenvalue weighted by Crippen LogP contribution is 2.28. The van der Waals surface area contributed by atoms with Crippen LogP contribution < -0.4 is 14.8 Å². The first-order valence-corrected chi connectivity index (χ1v) is 7.79. The van der Waals surface area contributed by atoms with Crippen LogP contribution in [0.3, 0.4) is 0 Å². The number of halogens is 1. The zero-order valence-corrected chi connectivity index (χ0v) is 15.4.